The van der Waals surface area contributed by atoms with E-state index in [4.69, 9.17) is 11.6 Å². The van der Waals surface area contributed by atoms with E-state index in [-0.39, 0.29) is 0 Å². The Morgan fingerprint density at radius 3 is 2.79 bits per heavy atom. The van der Waals surface area contributed by atoms with Gasteiger partial charge in [0.05, 0.1) is 0 Å². The third-order valence-corrected chi connectivity index (χ3v) is 4.26. The Morgan fingerprint density at radius 1 is 1.05 bits per heavy atom. The quantitative estimate of drug-likeness (QED) is 0.536. The number of hydrogen-bond donors (Lipinski definition) is 0. The van der Waals surface area contributed by atoms with Gasteiger partial charge in [-0.25, -0.2) is 0 Å². The van der Waals surface area contributed by atoms with Gasteiger partial charge in [0.1, 0.15) is 11.3 Å². The topological polar surface area (TPSA) is 43.1 Å². The molecule has 4 rings (SSSR count). The third-order valence-electron chi connectivity index (χ3n) is 2.99. The van der Waals surface area contributed by atoms with Crippen molar-refractivity contribution in [3.63, 3.8) is 0 Å². The second kappa shape index (κ2) is 4.01. The maximum atomic E-state index is 6.23. The van der Waals surface area contributed by atoms with Crippen molar-refractivity contribution in [2.45, 2.75) is 0 Å². The van der Waals surface area contributed by atoms with Crippen molar-refractivity contribution in [3.05, 3.63) is 47.7 Å². The van der Waals surface area contributed by atoms with Gasteiger partial charge in [-0.15, -0.1) is 10.2 Å². The van der Waals surface area contributed by atoms with Crippen LogP contribution in [0.25, 0.3) is 26.3 Å². The summed E-state index contributed by atoms with van der Waals surface area (Å²) in [5.74, 6) is 0. The van der Waals surface area contributed by atoms with Crippen LogP contribution in [-0.4, -0.2) is 19.8 Å². The van der Waals surface area contributed by atoms with Crippen LogP contribution in [0.15, 0.2) is 42.7 Å². The molecule has 0 unspecified atom stereocenters. The first-order valence-electron chi connectivity index (χ1n) is 5.67. The van der Waals surface area contributed by atoms with Gasteiger partial charge in [0, 0.05) is 16.0 Å². The third kappa shape index (κ3) is 1.63. The van der Waals surface area contributed by atoms with E-state index in [1.165, 1.54) is 11.3 Å². The highest BCUT2D eigenvalue weighted by atomic mass is 35.5. The van der Waals surface area contributed by atoms with Gasteiger partial charge in [-0.3, -0.25) is 0 Å². The van der Waals surface area contributed by atoms with Gasteiger partial charge in [-0.05, 0) is 11.5 Å². The molecule has 0 aliphatic heterocycles. The van der Waals surface area contributed by atoms with E-state index in [2.05, 4.69) is 21.4 Å². The van der Waals surface area contributed by atoms with Crippen molar-refractivity contribution >= 4 is 38.7 Å². The maximum absolute atomic E-state index is 6.23. The van der Waals surface area contributed by atoms with Gasteiger partial charge in [0.25, 0.3) is 0 Å². The van der Waals surface area contributed by atoms with Crippen LogP contribution in [0.1, 0.15) is 0 Å². The van der Waals surface area contributed by atoms with Crippen LogP contribution in [0.5, 0.6) is 0 Å². The van der Waals surface area contributed by atoms with E-state index in [9.17, 15) is 0 Å². The van der Waals surface area contributed by atoms with Gasteiger partial charge in [0.15, 0.2) is 0 Å². The number of halogens is 1. The predicted octanol–water partition coefficient (Wildman–Crippen LogP) is 3.66. The summed E-state index contributed by atoms with van der Waals surface area (Å²) in [7, 11) is 0. The minimum absolute atomic E-state index is 0.752. The lowest BCUT2D eigenvalue weighted by molar-refractivity contribution is 0.960. The molecule has 92 valence electrons. The van der Waals surface area contributed by atoms with Crippen LogP contribution < -0.4 is 0 Å². The summed E-state index contributed by atoms with van der Waals surface area (Å²) in [5, 5.41) is 16.1. The molecule has 0 spiro atoms. The van der Waals surface area contributed by atoms with Gasteiger partial charge in [-0.1, -0.05) is 53.3 Å². The first-order chi connectivity index (χ1) is 9.33. The molecule has 0 amide bonds. The molecule has 4 nitrogen and oxygen atoms in total. The zero-order valence-electron chi connectivity index (χ0n) is 9.62. The number of hydrogen-bond acceptors (Lipinski definition) is 4. The lowest BCUT2D eigenvalue weighted by Gasteiger charge is -2.04. The molecule has 2 aromatic carbocycles. The normalized spacial score (nSPS) is 11.4. The molecule has 0 aliphatic rings. The van der Waals surface area contributed by atoms with E-state index in [1.54, 1.807) is 10.8 Å². The fourth-order valence-electron chi connectivity index (χ4n) is 2.13. The molecule has 0 fully saturated rings. The van der Waals surface area contributed by atoms with E-state index in [0.29, 0.717) is 0 Å². The Balaban J connectivity index is 2.05. The first kappa shape index (κ1) is 10.9. The number of fused-ring (bicyclic) bond motifs is 2. The van der Waals surface area contributed by atoms with Crippen LogP contribution in [0.4, 0.5) is 0 Å². The molecular formula is C13H7ClN4S. The van der Waals surface area contributed by atoms with Gasteiger partial charge in [-0.2, -0.15) is 9.61 Å². The molecule has 0 atom stereocenters. The summed E-state index contributed by atoms with van der Waals surface area (Å²) in [6, 6.07) is 12.0. The zero-order chi connectivity index (χ0) is 12.8. The van der Waals surface area contributed by atoms with Gasteiger partial charge >= 0.3 is 0 Å². The average molecular weight is 287 g/mol. The molecule has 2 aromatic heterocycles. The van der Waals surface area contributed by atoms with Crippen molar-refractivity contribution in [2.75, 3.05) is 0 Å². The number of benzene rings is 2. The Kier molecular flexibility index (Phi) is 2.30. The van der Waals surface area contributed by atoms with Crippen LogP contribution in [0.3, 0.4) is 0 Å². The van der Waals surface area contributed by atoms with Crippen molar-refractivity contribution in [3.8, 4) is 10.6 Å². The van der Waals surface area contributed by atoms with Crippen molar-refractivity contribution in [1.29, 1.82) is 0 Å². The van der Waals surface area contributed by atoms with Crippen LogP contribution >= 0.6 is 22.9 Å². The Hall–Kier alpha value is -1.98. The summed E-state index contributed by atoms with van der Waals surface area (Å²) in [6.45, 7) is 0. The van der Waals surface area contributed by atoms with Crippen molar-refractivity contribution in [2.24, 2.45) is 0 Å². The number of aromatic nitrogens is 4. The minimum atomic E-state index is 0.752. The fraction of sp³-hybridized carbons (Fsp3) is 0. The number of rotatable bonds is 1. The molecule has 19 heavy (non-hydrogen) atoms. The van der Waals surface area contributed by atoms with Crippen molar-refractivity contribution in [1.82, 2.24) is 19.8 Å². The van der Waals surface area contributed by atoms with E-state index < -0.39 is 0 Å². The van der Waals surface area contributed by atoms with Gasteiger partial charge in [0.2, 0.25) is 4.96 Å². The van der Waals surface area contributed by atoms with E-state index in [0.717, 1.165) is 31.3 Å². The summed E-state index contributed by atoms with van der Waals surface area (Å²) in [4.78, 5) is 0.786. The lowest BCUT2D eigenvalue weighted by atomic mass is 10.1. The Labute approximate surface area is 117 Å². The average Bonchev–Trinajstić information content (AvgIpc) is 2.99. The molecule has 0 N–H and O–H groups in total. The zero-order valence-corrected chi connectivity index (χ0v) is 11.2. The minimum Gasteiger partial charge on any atom is -0.190 e. The molecule has 4 aromatic rings. The standard InChI is InChI=1S/C13H7ClN4S/c14-11-6-2-3-8-9(11)4-1-5-10(8)12-17-18-7-15-16-13(18)19-12/h1-7H. The fourth-order valence-corrected chi connectivity index (χ4v) is 3.22. The molecule has 2 heterocycles. The molecule has 0 saturated carbocycles. The summed E-state index contributed by atoms with van der Waals surface area (Å²) >= 11 is 7.74. The second-order valence-corrected chi connectivity index (χ2v) is 5.47. The van der Waals surface area contributed by atoms with Crippen LogP contribution in [0.2, 0.25) is 5.02 Å². The first-order valence-corrected chi connectivity index (χ1v) is 6.87. The van der Waals surface area contributed by atoms with E-state index >= 15 is 0 Å². The van der Waals surface area contributed by atoms with Crippen LogP contribution in [0, 0.1) is 0 Å². The molecule has 0 bridgehead atoms. The summed E-state index contributed by atoms with van der Waals surface area (Å²) in [6.07, 6.45) is 1.60. The maximum Gasteiger partial charge on any atom is 0.234 e. The monoisotopic (exact) mass is 286 g/mol. The Morgan fingerprint density at radius 2 is 1.89 bits per heavy atom. The largest absolute Gasteiger partial charge is 0.234 e. The molecule has 0 saturated heterocycles. The van der Waals surface area contributed by atoms with Crippen LogP contribution in [-0.2, 0) is 0 Å². The molecular weight excluding hydrogens is 280 g/mol. The predicted molar refractivity (Wildman–Crippen MR) is 76.6 cm³/mol. The smallest absolute Gasteiger partial charge is 0.190 e. The SMILES string of the molecule is Clc1cccc2c(-c3nn4cnnc4s3)cccc12. The highest BCUT2D eigenvalue weighted by Gasteiger charge is 2.11. The van der Waals surface area contributed by atoms with E-state index in [1.807, 2.05) is 30.3 Å². The molecule has 0 aliphatic carbocycles. The Bertz CT molecular complexity index is 867. The number of nitrogens with zero attached hydrogens (tertiary/aromatic N) is 4. The molecule has 0 radical (unpaired) electrons. The summed E-state index contributed by atoms with van der Waals surface area (Å²) in [5.41, 5.74) is 1.07. The summed E-state index contributed by atoms with van der Waals surface area (Å²) < 4.78 is 1.68. The van der Waals surface area contributed by atoms with Crippen molar-refractivity contribution < 1.29 is 0 Å². The second-order valence-electron chi connectivity index (χ2n) is 4.11. The highest BCUT2D eigenvalue weighted by Crippen LogP contribution is 2.33. The van der Waals surface area contributed by atoms with Gasteiger partial charge < -0.3 is 0 Å². The lowest BCUT2D eigenvalue weighted by Crippen LogP contribution is -1.84. The highest BCUT2D eigenvalue weighted by molar-refractivity contribution is 7.19. The molecule has 6 heteroatoms.